The lowest BCUT2D eigenvalue weighted by Gasteiger charge is -2.24. The van der Waals surface area contributed by atoms with Crippen LogP contribution in [-0.4, -0.2) is 18.0 Å². The van der Waals surface area contributed by atoms with Crippen LogP contribution in [0.5, 0.6) is 0 Å². The van der Waals surface area contributed by atoms with Crippen molar-refractivity contribution in [2.24, 2.45) is 5.73 Å². The second kappa shape index (κ2) is 6.33. The Morgan fingerprint density at radius 3 is 2.65 bits per heavy atom. The summed E-state index contributed by atoms with van der Waals surface area (Å²) in [5.74, 6) is -0.791. The average Bonchev–Trinajstić information content (AvgIpc) is 2.21. The van der Waals surface area contributed by atoms with E-state index in [2.05, 4.69) is 21.2 Å². The first kappa shape index (κ1) is 16.4. The summed E-state index contributed by atoms with van der Waals surface area (Å²) in [4.78, 5) is 11.8. The molecule has 0 aliphatic rings. The standard InChI is InChI=1S/C11H14BrFN2O.ClH/c1-11(2,6-14)15-10(16)8-5-7(13)3-4-9(8)12;/h3-5H,6,14H2,1-2H3,(H,15,16);1H. The third-order valence-electron chi connectivity index (χ3n) is 2.14. The van der Waals surface area contributed by atoms with E-state index < -0.39 is 11.4 Å². The summed E-state index contributed by atoms with van der Waals surface area (Å²) in [6.45, 7) is 3.92. The lowest BCUT2D eigenvalue weighted by molar-refractivity contribution is 0.0914. The molecule has 0 aliphatic heterocycles. The van der Waals surface area contributed by atoms with Gasteiger partial charge in [-0.1, -0.05) is 0 Å². The molecule has 1 amide bonds. The van der Waals surface area contributed by atoms with Crippen LogP contribution in [-0.2, 0) is 0 Å². The fourth-order valence-electron chi connectivity index (χ4n) is 1.10. The maximum absolute atomic E-state index is 13.0. The van der Waals surface area contributed by atoms with Crippen LogP contribution >= 0.6 is 28.3 Å². The van der Waals surface area contributed by atoms with E-state index in [0.717, 1.165) is 0 Å². The average molecular weight is 326 g/mol. The van der Waals surface area contributed by atoms with E-state index >= 15 is 0 Å². The fourth-order valence-corrected chi connectivity index (χ4v) is 1.52. The molecule has 0 unspecified atom stereocenters. The summed E-state index contributed by atoms with van der Waals surface area (Å²) in [5, 5.41) is 2.73. The predicted molar refractivity (Wildman–Crippen MR) is 71.9 cm³/mol. The highest BCUT2D eigenvalue weighted by molar-refractivity contribution is 9.10. The number of amides is 1. The second-order valence-electron chi connectivity index (χ2n) is 4.17. The van der Waals surface area contributed by atoms with E-state index in [1.165, 1.54) is 18.2 Å². The van der Waals surface area contributed by atoms with Crippen LogP contribution in [0, 0.1) is 5.82 Å². The zero-order chi connectivity index (χ0) is 12.3. The van der Waals surface area contributed by atoms with Gasteiger partial charge in [0.2, 0.25) is 0 Å². The van der Waals surface area contributed by atoms with E-state index in [9.17, 15) is 9.18 Å². The first-order valence-electron chi connectivity index (χ1n) is 4.83. The van der Waals surface area contributed by atoms with Crippen LogP contribution in [0.2, 0.25) is 0 Å². The molecular formula is C11H15BrClFN2O. The van der Waals surface area contributed by atoms with E-state index in [-0.39, 0.29) is 23.9 Å². The van der Waals surface area contributed by atoms with Crippen molar-refractivity contribution in [1.82, 2.24) is 5.32 Å². The molecule has 0 saturated heterocycles. The van der Waals surface area contributed by atoms with Gasteiger partial charge in [-0.25, -0.2) is 4.39 Å². The van der Waals surface area contributed by atoms with E-state index in [4.69, 9.17) is 5.73 Å². The Bertz CT molecular complexity index is 412. The van der Waals surface area contributed by atoms with Gasteiger partial charge in [-0.3, -0.25) is 4.79 Å². The summed E-state index contributed by atoms with van der Waals surface area (Å²) < 4.78 is 13.6. The molecule has 1 aromatic rings. The Morgan fingerprint density at radius 1 is 1.53 bits per heavy atom. The lowest BCUT2D eigenvalue weighted by Crippen LogP contribution is -2.48. The molecule has 0 heterocycles. The number of hydrogen-bond acceptors (Lipinski definition) is 2. The third kappa shape index (κ3) is 4.61. The Morgan fingerprint density at radius 2 is 2.12 bits per heavy atom. The topological polar surface area (TPSA) is 55.1 Å². The monoisotopic (exact) mass is 324 g/mol. The van der Waals surface area contributed by atoms with Crippen LogP contribution in [0.3, 0.4) is 0 Å². The van der Waals surface area contributed by atoms with Gasteiger partial charge in [0.05, 0.1) is 5.56 Å². The van der Waals surface area contributed by atoms with Crippen molar-refractivity contribution in [3.8, 4) is 0 Å². The largest absolute Gasteiger partial charge is 0.346 e. The molecule has 6 heteroatoms. The Hall–Kier alpha value is -0.650. The number of benzene rings is 1. The first-order valence-corrected chi connectivity index (χ1v) is 5.62. The molecule has 0 bridgehead atoms. The molecule has 17 heavy (non-hydrogen) atoms. The van der Waals surface area contributed by atoms with Crippen LogP contribution < -0.4 is 11.1 Å². The molecule has 0 radical (unpaired) electrons. The van der Waals surface area contributed by atoms with Gasteiger partial charge in [0, 0.05) is 16.6 Å². The first-order chi connectivity index (χ1) is 7.35. The Kier molecular flexibility index (Phi) is 6.09. The van der Waals surface area contributed by atoms with Gasteiger partial charge in [-0.15, -0.1) is 12.4 Å². The van der Waals surface area contributed by atoms with Gasteiger partial charge in [0.15, 0.2) is 0 Å². The Labute approximate surface area is 114 Å². The number of carbonyl (C=O) groups excluding carboxylic acids is 1. The summed E-state index contributed by atoms with van der Waals surface area (Å²) in [7, 11) is 0. The van der Waals surface area contributed by atoms with Gasteiger partial charge >= 0.3 is 0 Å². The zero-order valence-electron chi connectivity index (χ0n) is 9.59. The fraction of sp³-hybridized carbons (Fsp3) is 0.364. The van der Waals surface area contributed by atoms with Crippen molar-refractivity contribution < 1.29 is 9.18 Å². The SMILES string of the molecule is CC(C)(CN)NC(=O)c1cc(F)ccc1Br.Cl. The van der Waals surface area contributed by atoms with Crippen molar-refractivity contribution in [3.05, 3.63) is 34.1 Å². The number of nitrogens with two attached hydrogens (primary N) is 1. The van der Waals surface area contributed by atoms with Crippen LogP contribution in [0.4, 0.5) is 4.39 Å². The smallest absolute Gasteiger partial charge is 0.252 e. The minimum atomic E-state index is -0.511. The van der Waals surface area contributed by atoms with E-state index in [1.54, 1.807) is 13.8 Å². The normalized spacial score (nSPS) is 10.6. The molecule has 3 N–H and O–H groups in total. The molecule has 0 aromatic heterocycles. The molecule has 0 spiro atoms. The summed E-state index contributed by atoms with van der Waals surface area (Å²) in [6, 6.07) is 3.97. The molecular weight excluding hydrogens is 310 g/mol. The maximum atomic E-state index is 13.0. The molecule has 0 fully saturated rings. The maximum Gasteiger partial charge on any atom is 0.252 e. The lowest BCUT2D eigenvalue weighted by atomic mass is 10.1. The van der Waals surface area contributed by atoms with Gasteiger partial charge < -0.3 is 11.1 Å². The highest BCUT2D eigenvalue weighted by Gasteiger charge is 2.20. The van der Waals surface area contributed by atoms with Crippen molar-refractivity contribution in [3.63, 3.8) is 0 Å². The molecule has 1 aromatic carbocycles. The third-order valence-corrected chi connectivity index (χ3v) is 2.83. The van der Waals surface area contributed by atoms with Gasteiger partial charge in [-0.05, 0) is 48.0 Å². The predicted octanol–water partition coefficient (Wildman–Crippen LogP) is 2.48. The van der Waals surface area contributed by atoms with Crippen LogP contribution in [0.15, 0.2) is 22.7 Å². The molecule has 96 valence electrons. The Balaban J connectivity index is 0.00000256. The zero-order valence-corrected chi connectivity index (χ0v) is 12.0. The van der Waals surface area contributed by atoms with Crippen LogP contribution in [0.1, 0.15) is 24.2 Å². The van der Waals surface area contributed by atoms with Gasteiger partial charge in [0.25, 0.3) is 5.91 Å². The number of halogens is 3. The summed E-state index contributed by atoms with van der Waals surface area (Å²) in [5.41, 5.74) is 5.25. The molecule has 0 saturated carbocycles. The minimum Gasteiger partial charge on any atom is -0.346 e. The summed E-state index contributed by atoms with van der Waals surface area (Å²) in [6.07, 6.45) is 0. The number of carbonyl (C=O) groups is 1. The molecule has 3 nitrogen and oxygen atoms in total. The van der Waals surface area contributed by atoms with Gasteiger partial charge in [-0.2, -0.15) is 0 Å². The highest BCUT2D eigenvalue weighted by atomic mass is 79.9. The molecule has 0 aliphatic carbocycles. The van der Waals surface area contributed by atoms with Crippen molar-refractivity contribution in [2.45, 2.75) is 19.4 Å². The van der Waals surface area contributed by atoms with Crippen LogP contribution in [0.25, 0.3) is 0 Å². The second-order valence-corrected chi connectivity index (χ2v) is 5.02. The van der Waals surface area contributed by atoms with Crippen molar-refractivity contribution >= 4 is 34.2 Å². The molecule has 0 atom stereocenters. The minimum absolute atomic E-state index is 0. The number of rotatable bonds is 3. The number of hydrogen-bond donors (Lipinski definition) is 2. The van der Waals surface area contributed by atoms with E-state index in [0.29, 0.717) is 11.0 Å². The summed E-state index contributed by atoms with van der Waals surface area (Å²) >= 11 is 3.20. The van der Waals surface area contributed by atoms with Gasteiger partial charge in [0.1, 0.15) is 5.82 Å². The van der Waals surface area contributed by atoms with E-state index in [1.807, 2.05) is 0 Å². The molecule has 1 rings (SSSR count). The van der Waals surface area contributed by atoms with Crippen molar-refractivity contribution in [1.29, 1.82) is 0 Å². The number of nitrogens with one attached hydrogen (secondary N) is 1. The van der Waals surface area contributed by atoms with Crippen molar-refractivity contribution in [2.75, 3.05) is 6.54 Å². The highest BCUT2D eigenvalue weighted by Crippen LogP contribution is 2.18. The quantitative estimate of drug-likeness (QED) is 0.897.